The lowest BCUT2D eigenvalue weighted by Gasteiger charge is -2.18. The number of anilines is 2. The molecule has 0 aliphatic rings. The lowest BCUT2D eigenvalue weighted by atomic mass is 10.0. The first kappa shape index (κ1) is 23.2. The van der Waals surface area contributed by atoms with Gasteiger partial charge in [-0.15, -0.1) is 10.2 Å². The van der Waals surface area contributed by atoms with Gasteiger partial charge in [0.15, 0.2) is 12.4 Å². The van der Waals surface area contributed by atoms with Gasteiger partial charge in [-0.05, 0) is 63.6 Å². The molecule has 0 aliphatic heterocycles. The monoisotopic (exact) mass is 454 g/mol. The zero-order chi connectivity index (χ0) is 24.1. The molecule has 0 unspecified atom stereocenters. The van der Waals surface area contributed by atoms with Gasteiger partial charge in [0.2, 0.25) is 0 Å². The summed E-state index contributed by atoms with van der Waals surface area (Å²) in [5, 5.41) is 14.5. The van der Waals surface area contributed by atoms with Gasteiger partial charge < -0.3 is 15.0 Å². The van der Waals surface area contributed by atoms with Crippen molar-refractivity contribution in [3.8, 4) is 17.0 Å². The Kier molecular flexibility index (Phi) is 7.07. The maximum Gasteiger partial charge on any atom is 0.260 e. The van der Waals surface area contributed by atoms with Gasteiger partial charge in [0, 0.05) is 35.1 Å². The van der Waals surface area contributed by atoms with E-state index in [0.29, 0.717) is 18.8 Å². The van der Waals surface area contributed by atoms with Crippen molar-refractivity contribution in [3.63, 3.8) is 0 Å². The smallest absolute Gasteiger partial charge is 0.260 e. The van der Waals surface area contributed by atoms with Crippen LogP contribution in [-0.2, 0) is 4.79 Å². The predicted molar refractivity (Wildman–Crippen MR) is 138 cm³/mol. The number of fused-ring (bicyclic) bond motifs is 1. The molecule has 1 heterocycles. The molecule has 3 aromatic carbocycles. The summed E-state index contributed by atoms with van der Waals surface area (Å²) < 4.78 is 5.70. The molecule has 4 rings (SSSR count). The number of benzene rings is 3. The van der Waals surface area contributed by atoms with Gasteiger partial charge in [0.1, 0.15) is 11.4 Å². The first-order chi connectivity index (χ1) is 16.5. The average Bonchev–Trinajstić information content (AvgIpc) is 2.85. The molecule has 0 saturated heterocycles. The Morgan fingerprint density at radius 3 is 2.29 bits per heavy atom. The summed E-state index contributed by atoms with van der Waals surface area (Å²) in [7, 11) is 0. The highest BCUT2D eigenvalue weighted by Crippen LogP contribution is 2.32. The SMILES string of the molecule is CCN(CC)C(=O)COc1ccc(-c2nnc(Nc3ccc(C)cc3C)c3ccccc23)cc1. The molecular formula is C28H30N4O2. The van der Waals surface area contributed by atoms with Crippen LogP contribution in [0.4, 0.5) is 11.5 Å². The maximum atomic E-state index is 12.2. The second kappa shape index (κ2) is 10.3. The van der Waals surface area contributed by atoms with Crippen molar-refractivity contribution < 1.29 is 9.53 Å². The van der Waals surface area contributed by atoms with E-state index in [4.69, 9.17) is 4.74 Å². The van der Waals surface area contributed by atoms with Crippen molar-refractivity contribution in [2.45, 2.75) is 27.7 Å². The fourth-order valence-electron chi connectivity index (χ4n) is 4.01. The number of rotatable bonds is 8. The number of carbonyl (C=O) groups excluding carboxylic acids is 1. The van der Waals surface area contributed by atoms with E-state index in [1.807, 2.05) is 50.2 Å². The normalized spacial score (nSPS) is 10.8. The van der Waals surface area contributed by atoms with Crippen molar-refractivity contribution in [2.75, 3.05) is 25.0 Å². The summed E-state index contributed by atoms with van der Waals surface area (Å²) in [5.41, 5.74) is 5.12. The van der Waals surface area contributed by atoms with E-state index >= 15 is 0 Å². The minimum Gasteiger partial charge on any atom is -0.484 e. The number of likely N-dealkylation sites (N-methyl/N-ethyl adjacent to an activating group) is 1. The summed E-state index contributed by atoms with van der Waals surface area (Å²) >= 11 is 0. The second-order valence-electron chi connectivity index (χ2n) is 8.27. The van der Waals surface area contributed by atoms with E-state index in [0.717, 1.165) is 39.1 Å². The standard InChI is InChI=1S/C28H30N4O2/c1-5-32(6-2)26(33)18-34-22-14-12-21(13-15-22)27-23-9-7-8-10-24(23)28(31-30-27)29-25-16-11-19(3)17-20(25)4/h7-17H,5-6,18H2,1-4H3,(H,29,31). The Bertz CT molecular complexity index is 1300. The Balaban J connectivity index is 1.58. The predicted octanol–water partition coefficient (Wildman–Crippen LogP) is 5.90. The number of hydrogen-bond donors (Lipinski definition) is 1. The molecule has 0 aliphatic carbocycles. The molecule has 1 N–H and O–H groups in total. The van der Waals surface area contributed by atoms with Crippen LogP contribution in [0.3, 0.4) is 0 Å². The Morgan fingerprint density at radius 2 is 1.62 bits per heavy atom. The first-order valence-electron chi connectivity index (χ1n) is 11.6. The summed E-state index contributed by atoms with van der Waals surface area (Å²) in [4.78, 5) is 13.9. The summed E-state index contributed by atoms with van der Waals surface area (Å²) in [5.74, 6) is 1.36. The van der Waals surface area contributed by atoms with E-state index in [9.17, 15) is 4.79 Å². The topological polar surface area (TPSA) is 67.4 Å². The summed E-state index contributed by atoms with van der Waals surface area (Å²) in [6, 6.07) is 22.0. The van der Waals surface area contributed by atoms with Crippen LogP contribution in [0.5, 0.6) is 5.75 Å². The number of aryl methyl sites for hydroxylation is 2. The highest BCUT2D eigenvalue weighted by atomic mass is 16.5. The maximum absolute atomic E-state index is 12.2. The molecule has 0 radical (unpaired) electrons. The van der Waals surface area contributed by atoms with E-state index in [1.165, 1.54) is 5.56 Å². The molecule has 6 nitrogen and oxygen atoms in total. The van der Waals surface area contributed by atoms with Crippen molar-refractivity contribution in [3.05, 3.63) is 77.9 Å². The summed E-state index contributed by atoms with van der Waals surface area (Å²) in [6.45, 7) is 9.48. The molecule has 0 saturated carbocycles. The first-order valence-corrected chi connectivity index (χ1v) is 11.6. The van der Waals surface area contributed by atoms with Crippen LogP contribution in [0.2, 0.25) is 0 Å². The number of nitrogens with one attached hydrogen (secondary N) is 1. The molecule has 0 spiro atoms. The van der Waals surface area contributed by atoms with Crippen LogP contribution in [0, 0.1) is 13.8 Å². The highest BCUT2D eigenvalue weighted by Gasteiger charge is 2.13. The Labute approximate surface area is 200 Å². The third kappa shape index (κ3) is 5.01. The average molecular weight is 455 g/mol. The zero-order valence-electron chi connectivity index (χ0n) is 20.1. The molecular weight excluding hydrogens is 424 g/mol. The number of ether oxygens (including phenoxy) is 1. The lowest BCUT2D eigenvalue weighted by molar-refractivity contribution is -0.132. The van der Waals surface area contributed by atoms with Crippen LogP contribution in [0.1, 0.15) is 25.0 Å². The van der Waals surface area contributed by atoms with Crippen LogP contribution in [-0.4, -0.2) is 40.7 Å². The largest absolute Gasteiger partial charge is 0.484 e. The molecule has 0 fully saturated rings. The van der Waals surface area contributed by atoms with Gasteiger partial charge in [0.05, 0.1) is 0 Å². The van der Waals surface area contributed by atoms with E-state index in [-0.39, 0.29) is 12.5 Å². The Morgan fingerprint density at radius 1 is 0.912 bits per heavy atom. The van der Waals surface area contributed by atoms with E-state index in [1.54, 1.807) is 4.90 Å². The van der Waals surface area contributed by atoms with Crippen molar-refractivity contribution in [1.29, 1.82) is 0 Å². The van der Waals surface area contributed by atoms with Crippen LogP contribution in [0.15, 0.2) is 66.7 Å². The quantitative estimate of drug-likeness (QED) is 0.359. The molecule has 1 amide bonds. The van der Waals surface area contributed by atoms with Gasteiger partial charge in [-0.1, -0.05) is 42.0 Å². The zero-order valence-corrected chi connectivity index (χ0v) is 20.1. The number of carbonyl (C=O) groups is 1. The third-order valence-electron chi connectivity index (χ3n) is 5.93. The molecule has 6 heteroatoms. The van der Waals surface area contributed by atoms with Gasteiger partial charge >= 0.3 is 0 Å². The molecule has 174 valence electrons. The minimum atomic E-state index is -0.0159. The van der Waals surface area contributed by atoms with Gasteiger partial charge in [-0.3, -0.25) is 4.79 Å². The van der Waals surface area contributed by atoms with Crippen LogP contribution >= 0.6 is 0 Å². The molecule has 4 aromatic rings. The van der Waals surface area contributed by atoms with Crippen molar-refractivity contribution >= 4 is 28.2 Å². The number of hydrogen-bond acceptors (Lipinski definition) is 5. The minimum absolute atomic E-state index is 0.0159. The fraction of sp³-hybridized carbons (Fsp3) is 0.250. The Hall–Kier alpha value is -3.93. The van der Waals surface area contributed by atoms with Crippen LogP contribution < -0.4 is 10.1 Å². The fourth-order valence-corrected chi connectivity index (χ4v) is 4.01. The van der Waals surface area contributed by atoms with Gasteiger partial charge in [-0.2, -0.15) is 0 Å². The second-order valence-corrected chi connectivity index (χ2v) is 8.27. The van der Waals surface area contributed by atoms with Crippen molar-refractivity contribution in [2.24, 2.45) is 0 Å². The van der Waals surface area contributed by atoms with E-state index in [2.05, 4.69) is 59.7 Å². The highest BCUT2D eigenvalue weighted by molar-refractivity contribution is 6.01. The molecule has 34 heavy (non-hydrogen) atoms. The number of nitrogens with zero attached hydrogens (tertiary/aromatic N) is 3. The van der Waals surface area contributed by atoms with E-state index < -0.39 is 0 Å². The third-order valence-corrected chi connectivity index (χ3v) is 5.93. The summed E-state index contributed by atoms with van der Waals surface area (Å²) in [6.07, 6.45) is 0. The number of aromatic nitrogens is 2. The number of amides is 1. The van der Waals surface area contributed by atoms with Crippen LogP contribution in [0.25, 0.3) is 22.0 Å². The molecule has 0 atom stereocenters. The van der Waals surface area contributed by atoms with Gasteiger partial charge in [0.25, 0.3) is 5.91 Å². The van der Waals surface area contributed by atoms with Crippen molar-refractivity contribution in [1.82, 2.24) is 15.1 Å². The lowest BCUT2D eigenvalue weighted by Crippen LogP contribution is -2.34. The van der Waals surface area contributed by atoms with Gasteiger partial charge in [-0.25, -0.2) is 0 Å². The molecule has 1 aromatic heterocycles. The molecule has 0 bridgehead atoms.